The molecule has 118 valence electrons. The topological polar surface area (TPSA) is 61.7 Å². The zero-order chi connectivity index (χ0) is 14.4. The first-order valence-corrected chi connectivity index (χ1v) is 8.35. The number of aliphatic hydroxyl groups excluding tert-OH is 2. The Labute approximate surface area is 122 Å². The summed E-state index contributed by atoms with van der Waals surface area (Å²) in [6.07, 6.45) is 7.83. The number of rotatable bonds is 7. The summed E-state index contributed by atoms with van der Waals surface area (Å²) in [5.74, 6) is 0.985. The fourth-order valence-electron chi connectivity index (χ4n) is 3.51. The Morgan fingerprint density at radius 1 is 1.15 bits per heavy atom. The third kappa shape index (κ3) is 4.99. The molecule has 0 amide bonds. The van der Waals surface area contributed by atoms with E-state index in [1.54, 1.807) is 0 Å². The lowest BCUT2D eigenvalue weighted by molar-refractivity contribution is -0.0454. The normalized spacial score (nSPS) is 36.1. The van der Waals surface area contributed by atoms with E-state index in [2.05, 4.69) is 12.2 Å². The Morgan fingerprint density at radius 3 is 2.65 bits per heavy atom. The highest BCUT2D eigenvalue weighted by molar-refractivity contribution is 4.79. The van der Waals surface area contributed by atoms with E-state index in [9.17, 15) is 10.2 Å². The fourth-order valence-corrected chi connectivity index (χ4v) is 3.51. The number of aliphatic hydroxyl groups is 2. The van der Waals surface area contributed by atoms with Crippen molar-refractivity contribution in [2.24, 2.45) is 11.8 Å². The largest absolute Gasteiger partial charge is 0.393 e. The van der Waals surface area contributed by atoms with Crippen molar-refractivity contribution >= 4 is 0 Å². The molecule has 2 saturated carbocycles. The molecule has 0 aromatic carbocycles. The van der Waals surface area contributed by atoms with Crippen LogP contribution in [0.1, 0.15) is 51.9 Å². The van der Waals surface area contributed by atoms with Crippen molar-refractivity contribution < 1.29 is 14.9 Å². The van der Waals surface area contributed by atoms with Crippen LogP contribution in [-0.4, -0.2) is 48.2 Å². The molecule has 2 rings (SSSR count). The van der Waals surface area contributed by atoms with Crippen LogP contribution in [0.5, 0.6) is 0 Å². The van der Waals surface area contributed by atoms with Gasteiger partial charge < -0.3 is 20.3 Å². The molecule has 20 heavy (non-hydrogen) atoms. The van der Waals surface area contributed by atoms with Gasteiger partial charge in [0.1, 0.15) is 0 Å². The first kappa shape index (κ1) is 16.2. The van der Waals surface area contributed by atoms with E-state index in [1.807, 2.05) is 0 Å². The third-order valence-electron chi connectivity index (χ3n) is 4.94. The van der Waals surface area contributed by atoms with Gasteiger partial charge in [-0.05, 0) is 37.5 Å². The van der Waals surface area contributed by atoms with Crippen LogP contribution in [0.4, 0.5) is 0 Å². The van der Waals surface area contributed by atoms with Gasteiger partial charge >= 0.3 is 0 Å². The highest BCUT2D eigenvalue weighted by atomic mass is 16.5. The number of hydrogen-bond acceptors (Lipinski definition) is 4. The molecular weight excluding hydrogens is 254 g/mol. The Hall–Kier alpha value is -0.160. The number of hydrogen-bond donors (Lipinski definition) is 3. The Morgan fingerprint density at radius 2 is 1.95 bits per heavy atom. The predicted molar refractivity (Wildman–Crippen MR) is 79.6 cm³/mol. The molecule has 0 aromatic rings. The van der Waals surface area contributed by atoms with E-state index < -0.39 is 6.10 Å². The summed E-state index contributed by atoms with van der Waals surface area (Å²) in [6.45, 7) is 4.04. The summed E-state index contributed by atoms with van der Waals surface area (Å²) in [5.41, 5.74) is 0. The summed E-state index contributed by atoms with van der Waals surface area (Å²) in [4.78, 5) is 0. The molecule has 2 aliphatic carbocycles. The minimum Gasteiger partial charge on any atom is -0.393 e. The third-order valence-corrected chi connectivity index (χ3v) is 4.94. The molecule has 0 spiro atoms. The maximum atomic E-state index is 9.96. The predicted octanol–water partition coefficient (Wildman–Crippen LogP) is 1.69. The molecule has 0 radical (unpaired) electrons. The zero-order valence-electron chi connectivity index (χ0n) is 12.8. The van der Waals surface area contributed by atoms with Crippen molar-refractivity contribution in [3.63, 3.8) is 0 Å². The van der Waals surface area contributed by atoms with Gasteiger partial charge in [0.15, 0.2) is 0 Å². The molecule has 4 heteroatoms. The van der Waals surface area contributed by atoms with Crippen LogP contribution in [-0.2, 0) is 4.74 Å². The maximum absolute atomic E-state index is 9.96. The van der Waals surface area contributed by atoms with Crippen molar-refractivity contribution in [3.05, 3.63) is 0 Å². The molecular formula is C16H31NO3. The van der Waals surface area contributed by atoms with Gasteiger partial charge in [-0.2, -0.15) is 0 Å². The van der Waals surface area contributed by atoms with Crippen molar-refractivity contribution in [3.8, 4) is 0 Å². The molecule has 2 aliphatic rings. The Balaban J connectivity index is 1.54. The van der Waals surface area contributed by atoms with Gasteiger partial charge in [0, 0.05) is 13.1 Å². The van der Waals surface area contributed by atoms with Crippen LogP contribution < -0.4 is 5.32 Å². The molecule has 3 N–H and O–H groups in total. The Bertz CT molecular complexity index is 274. The van der Waals surface area contributed by atoms with Crippen LogP contribution in [0.25, 0.3) is 0 Å². The first-order chi connectivity index (χ1) is 9.66. The van der Waals surface area contributed by atoms with Gasteiger partial charge in [-0.1, -0.05) is 26.2 Å². The summed E-state index contributed by atoms with van der Waals surface area (Å²) in [7, 11) is 0. The SMILES string of the molecule is CC1CCCCC1OCC(O)CNCC1CCCC1O. The smallest absolute Gasteiger partial charge is 0.0897 e. The van der Waals surface area contributed by atoms with Crippen molar-refractivity contribution in [1.29, 1.82) is 0 Å². The standard InChI is InChI=1S/C16H31NO3/c1-12-5-2-3-8-16(12)20-11-14(18)10-17-9-13-6-4-7-15(13)19/h12-19H,2-11H2,1H3. The molecule has 5 unspecified atom stereocenters. The molecule has 0 bridgehead atoms. The first-order valence-electron chi connectivity index (χ1n) is 8.35. The average Bonchev–Trinajstić information content (AvgIpc) is 2.84. The van der Waals surface area contributed by atoms with Gasteiger partial charge in [-0.15, -0.1) is 0 Å². The van der Waals surface area contributed by atoms with Crippen molar-refractivity contribution in [1.82, 2.24) is 5.32 Å². The van der Waals surface area contributed by atoms with Crippen molar-refractivity contribution in [2.45, 2.75) is 70.2 Å². The van der Waals surface area contributed by atoms with Crippen LogP contribution in [0.15, 0.2) is 0 Å². The minimum atomic E-state index is -0.442. The second-order valence-electron chi connectivity index (χ2n) is 6.70. The van der Waals surface area contributed by atoms with Gasteiger partial charge in [-0.25, -0.2) is 0 Å². The van der Waals surface area contributed by atoms with E-state index in [0.717, 1.165) is 32.2 Å². The van der Waals surface area contributed by atoms with Crippen LogP contribution in [0.2, 0.25) is 0 Å². The van der Waals surface area contributed by atoms with Crippen molar-refractivity contribution in [2.75, 3.05) is 19.7 Å². The number of ether oxygens (including phenoxy) is 1. The summed E-state index contributed by atoms with van der Waals surface area (Å²) in [5, 5.41) is 23.0. The number of nitrogens with one attached hydrogen (secondary N) is 1. The highest BCUT2D eigenvalue weighted by Crippen LogP contribution is 2.26. The van der Waals surface area contributed by atoms with Gasteiger partial charge in [0.25, 0.3) is 0 Å². The zero-order valence-corrected chi connectivity index (χ0v) is 12.8. The summed E-state index contributed by atoms with van der Waals surface area (Å²) < 4.78 is 5.86. The molecule has 2 fully saturated rings. The lowest BCUT2D eigenvalue weighted by atomic mass is 9.88. The lowest BCUT2D eigenvalue weighted by Gasteiger charge is -2.29. The molecule has 0 aliphatic heterocycles. The van der Waals surface area contributed by atoms with Crippen LogP contribution in [0.3, 0.4) is 0 Å². The second kappa shape index (κ2) is 8.32. The minimum absolute atomic E-state index is 0.154. The van der Waals surface area contributed by atoms with Gasteiger partial charge in [0.05, 0.1) is 24.9 Å². The maximum Gasteiger partial charge on any atom is 0.0897 e. The van der Waals surface area contributed by atoms with Gasteiger partial charge in [0.2, 0.25) is 0 Å². The van der Waals surface area contributed by atoms with E-state index in [1.165, 1.54) is 19.3 Å². The second-order valence-corrected chi connectivity index (χ2v) is 6.70. The van der Waals surface area contributed by atoms with E-state index in [4.69, 9.17) is 4.74 Å². The monoisotopic (exact) mass is 285 g/mol. The molecule has 0 heterocycles. The van der Waals surface area contributed by atoms with E-state index in [-0.39, 0.29) is 6.10 Å². The van der Waals surface area contributed by atoms with E-state index in [0.29, 0.717) is 31.1 Å². The fraction of sp³-hybridized carbons (Fsp3) is 1.00. The summed E-state index contributed by atoms with van der Waals surface area (Å²) in [6, 6.07) is 0. The van der Waals surface area contributed by atoms with E-state index >= 15 is 0 Å². The van der Waals surface area contributed by atoms with Gasteiger partial charge in [-0.3, -0.25) is 0 Å². The molecule has 0 saturated heterocycles. The molecule has 0 aromatic heterocycles. The Kier molecular flexibility index (Phi) is 6.75. The van der Waals surface area contributed by atoms with Crippen LogP contribution >= 0.6 is 0 Å². The summed E-state index contributed by atoms with van der Waals surface area (Å²) >= 11 is 0. The molecule has 5 atom stereocenters. The van der Waals surface area contributed by atoms with Crippen LogP contribution in [0, 0.1) is 11.8 Å². The lowest BCUT2D eigenvalue weighted by Crippen LogP contribution is -2.37. The quantitative estimate of drug-likeness (QED) is 0.666. The average molecular weight is 285 g/mol. The highest BCUT2D eigenvalue weighted by Gasteiger charge is 2.25. The molecule has 4 nitrogen and oxygen atoms in total.